The van der Waals surface area contributed by atoms with Crippen molar-refractivity contribution in [3.05, 3.63) is 11.7 Å². The van der Waals surface area contributed by atoms with Gasteiger partial charge in [-0.1, -0.05) is 5.16 Å². The lowest BCUT2D eigenvalue weighted by Crippen LogP contribution is -2.61. The molecule has 6 nitrogen and oxygen atoms in total. The minimum absolute atomic E-state index is 0.721. The predicted molar refractivity (Wildman–Crippen MR) is 62.5 cm³/mol. The molecule has 0 saturated carbocycles. The van der Waals surface area contributed by atoms with E-state index < -0.39 is 0 Å². The molecule has 0 radical (unpaired) electrons. The van der Waals surface area contributed by atoms with Crippen LogP contribution in [-0.2, 0) is 6.54 Å². The van der Waals surface area contributed by atoms with E-state index in [9.17, 15) is 0 Å². The quantitative estimate of drug-likeness (QED) is 0.762. The molecular formula is C11H19N5O. The summed E-state index contributed by atoms with van der Waals surface area (Å²) in [6, 6.07) is 0.766. The number of rotatable bonds is 3. The van der Waals surface area contributed by atoms with E-state index in [0.717, 1.165) is 63.6 Å². The van der Waals surface area contributed by atoms with Crippen LogP contribution >= 0.6 is 0 Å². The van der Waals surface area contributed by atoms with Crippen LogP contribution in [-0.4, -0.2) is 65.3 Å². The summed E-state index contributed by atoms with van der Waals surface area (Å²) in [5.41, 5.74) is 0. The van der Waals surface area contributed by atoms with Crippen molar-refractivity contribution in [3.8, 4) is 0 Å². The Morgan fingerprint density at radius 1 is 1.29 bits per heavy atom. The van der Waals surface area contributed by atoms with Crippen LogP contribution in [0.1, 0.15) is 11.7 Å². The van der Waals surface area contributed by atoms with Crippen LogP contribution in [0.4, 0.5) is 0 Å². The molecule has 2 fully saturated rings. The average molecular weight is 237 g/mol. The van der Waals surface area contributed by atoms with Crippen molar-refractivity contribution < 1.29 is 4.52 Å². The molecule has 17 heavy (non-hydrogen) atoms. The van der Waals surface area contributed by atoms with Gasteiger partial charge in [-0.25, -0.2) is 0 Å². The number of nitrogens with one attached hydrogen (secondary N) is 1. The molecule has 94 valence electrons. The van der Waals surface area contributed by atoms with Crippen LogP contribution < -0.4 is 5.32 Å². The highest BCUT2D eigenvalue weighted by molar-refractivity contribution is 4.89. The Bertz CT molecular complexity index is 368. The molecule has 3 rings (SSSR count). The topological polar surface area (TPSA) is 57.4 Å². The molecule has 0 atom stereocenters. The van der Waals surface area contributed by atoms with Crippen LogP contribution in [0.2, 0.25) is 0 Å². The number of nitrogens with zero attached hydrogens (tertiary/aromatic N) is 4. The third-order valence-electron chi connectivity index (χ3n) is 3.61. The lowest BCUT2D eigenvalue weighted by Gasteiger charge is -2.43. The Morgan fingerprint density at radius 2 is 2.06 bits per heavy atom. The van der Waals surface area contributed by atoms with Crippen LogP contribution in [0.5, 0.6) is 0 Å². The number of hydrogen-bond donors (Lipinski definition) is 1. The smallest absolute Gasteiger partial charge is 0.240 e. The van der Waals surface area contributed by atoms with Gasteiger partial charge in [-0.3, -0.25) is 9.80 Å². The van der Waals surface area contributed by atoms with Gasteiger partial charge in [0.2, 0.25) is 5.89 Å². The van der Waals surface area contributed by atoms with Crippen LogP contribution in [0.15, 0.2) is 4.52 Å². The fourth-order valence-electron chi connectivity index (χ4n) is 2.41. The van der Waals surface area contributed by atoms with E-state index >= 15 is 0 Å². The van der Waals surface area contributed by atoms with Crippen molar-refractivity contribution in [1.82, 2.24) is 25.3 Å². The summed E-state index contributed by atoms with van der Waals surface area (Å²) in [4.78, 5) is 9.20. The van der Waals surface area contributed by atoms with Crippen molar-refractivity contribution in [2.45, 2.75) is 19.5 Å². The van der Waals surface area contributed by atoms with Crippen molar-refractivity contribution in [1.29, 1.82) is 0 Å². The van der Waals surface area contributed by atoms with E-state index in [2.05, 4.69) is 25.3 Å². The lowest BCUT2D eigenvalue weighted by molar-refractivity contribution is 0.0647. The minimum Gasteiger partial charge on any atom is -0.338 e. The predicted octanol–water partition coefficient (Wildman–Crippen LogP) is -0.533. The van der Waals surface area contributed by atoms with Crippen molar-refractivity contribution in [2.75, 3.05) is 39.3 Å². The summed E-state index contributed by atoms with van der Waals surface area (Å²) < 4.78 is 5.15. The zero-order valence-corrected chi connectivity index (χ0v) is 10.2. The first-order valence-corrected chi connectivity index (χ1v) is 6.27. The van der Waals surface area contributed by atoms with E-state index in [1.807, 2.05) is 6.92 Å². The molecule has 1 aromatic heterocycles. The first kappa shape index (κ1) is 11.1. The maximum Gasteiger partial charge on any atom is 0.240 e. The Morgan fingerprint density at radius 3 is 2.59 bits per heavy atom. The Labute approximate surface area is 101 Å². The largest absolute Gasteiger partial charge is 0.338 e. The van der Waals surface area contributed by atoms with Crippen molar-refractivity contribution >= 4 is 0 Å². The third-order valence-corrected chi connectivity index (χ3v) is 3.61. The molecule has 0 bridgehead atoms. The van der Waals surface area contributed by atoms with Crippen LogP contribution in [0, 0.1) is 6.92 Å². The first-order valence-electron chi connectivity index (χ1n) is 6.27. The van der Waals surface area contributed by atoms with Crippen LogP contribution in [0.3, 0.4) is 0 Å². The minimum atomic E-state index is 0.721. The number of piperazine rings is 1. The molecule has 0 spiro atoms. The number of aryl methyl sites for hydroxylation is 1. The molecule has 0 unspecified atom stereocenters. The zero-order valence-electron chi connectivity index (χ0n) is 10.2. The van der Waals surface area contributed by atoms with E-state index in [1.54, 1.807) is 0 Å². The van der Waals surface area contributed by atoms with Gasteiger partial charge in [-0.2, -0.15) is 4.98 Å². The summed E-state index contributed by atoms with van der Waals surface area (Å²) >= 11 is 0. The molecule has 6 heteroatoms. The molecule has 1 aromatic rings. The number of hydrogen-bond acceptors (Lipinski definition) is 6. The van der Waals surface area contributed by atoms with Gasteiger partial charge in [0.05, 0.1) is 6.54 Å². The van der Waals surface area contributed by atoms with Gasteiger partial charge in [0.15, 0.2) is 5.82 Å². The van der Waals surface area contributed by atoms with E-state index in [-0.39, 0.29) is 0 Å². The van der Waals surface area contributed by atoms with Gasteiger partial charge < -0.3 is 9.84 Å². The Balaban J connectivity index is 1.47. The second kappa shape index (κ2) is 4.72. The van der Waals surface area contributed by atoms with Gasteiger partial charge in [-0.05, 0) is 6.92 Å². The maximum absolute atomic E-state index is 5.15. The molecule has 0 aliphatic carbocycles. The summed E-state index contributed by atoms with van der Waals surface area (Å²) in [5, 5.41) is 7.14. The molecule has 0 amide bonds. The highest BCUT2D eigenvalue weighted by atomic mass is 16.5. The first-order chi connectivity index (χ1) is 8.31. The second-order valence-electron chi connectivity index (χ2n) is 4.86. The molecule has 2 aliphatic rings. The molecule has 0 aromatic carbocycles. The Kier molecular flexibility index (Phi) is 3.09. The Hall–Kier alpha value is -0.980. The molecule has 2 saturated heterocycles. The summed E-state index contributed by atoms with van der Waals surface area (Å²) in [6.07, 6.45) is 0. The normalized spacial score (nSPS) is 23.8. The fraction of sp³-hybridized carbons (Fsp3) is 0.818. The van der Waals surface area contributed by atoms with Crippen molar-refractivity contribution in [2.24, 2.45) is 0 Å². The SMILES string of the molecule is Cc1noc(CN2CCN(C3CNC3)CC2)n1. The van der Waals surface area contributed by atoms with Gasteiger partial charge in [0, 0.05) is 45.3 Å². The fourth-order valence-corrected chi connectivity index (χ4v) is 2.41. The molecular weight excluding hydrogens is 218 g/mol. The summed E-state index contributed by atoms with van der Waals surface area (Å²) in [5.74, 6) is 1.46. The van der Waals surface area contributed by atoms with Gasteiger partial charge in [0.1, 0.15) is 0 Å². The summed E-state index contributed by atoms with van der Waals surface area (Å²) in [6.45, 7) is 9.45. The maximum atomic E-state index is 5.15. The highest BCUT2D eigenvalue weighted by Crippen LogP contribution is 2.11. The second-order valence-corrected chi connectivity index (χ2v) is 4.86. The third kappa shape index (κ3) is 2.48. The number of aromatic nitrogens is 2. The van der Waals surface area contributed by atoms with E-state index in [4.69, 9.17) is 4.52 Å². The molecule has 2 aliphatic heterocycles. The van der Waals surface area contributed by atoms with E-state index in [0.29, 0.717) is 0 Å². The zero-order chi connectivity index (χ0) is 11.7. The average Bonchev–Trinajstić information content (AvgIpc) is 2.64. The molecule has 3 heterocycles. The molecule has 1 N–H and O–H groups in total. The van der Waals surface area contributed by atoms with Gasteiger partial charge in [-0.15, -0.1) is 0 Å². The highest BCUT2D eigenvalue weighted by Gasteiger charge is 2.27. The van der Waals surface area contributed by atoms with Gasteiger partial charge >= 0.3 is 0 Å². The monoisotopic (exact) mass is 237 g/mol. The van der Waals surface area contributed by atoms with Gasteiger partial charge in [0.25, 0.3) is 0 Å². The van der Waals surface area contributed by atoms with Crippen LogP contribution in [0.25, 0.3) is 0 Å². The lowest BCUT2D eigenvalue weighted by atomic mass is 10.1. The van der Waals surface area contributed by atoms with Crippen molar-refractivity contribution in [3.63, 3.8) is 0 Å². The summed E-state index contributed by atoms with van der Waals surface area (Å²) in [7, 11) is 0. The standard InChI is InChI=1S/C11H19N5O/c1-9-13-11(17-14-9)8-15-2-4-16(5-3-15)10-6-12-7-10/h10,12H,2-8H2,1H3. The van der Waals surface area contributed by atoms with E-state index in [1.165, 1.54) is 0 Å².